The lowest BCUT2D eigenvalue weighted by Gasteiger charge is -2.34. The number of amides is 1. The molecule has 1 amide bonds. The van der Waals surface area contributed by atoms with Crippen LogP contribution in [0.25, 0.3) is 0 Å². The van der Waals surface area contributed by atoms with Gasteiger partial charge in [0, 0.05) is 25.7 Å². The summed E-state index contributed by atoms with van der Waals surface area (Å²) in [5, 5.41) is 3.24. The Balaban J connectivity index is 0.00000162. The lowest BCUT2D eigenvalue weighted by atomic mass is 10.1. The molecule has 100 valence electrons. The summed E-state index contributed by atoms with van der Waals surface area (Å²) in [5.74, 6) is -0.215. The van der Waals surface area contributed by atoms with Crippen LogP contribution in [0.2, 0.25) is 0 Å². The van der Waals surface area contributed by atoms with E-state index in [2.05, 4.69) is 5.32 Å². The van der Waals surface area contributed by atoms with Gasteiger partial charge in [0.15, 0.2) is 0 Å². The molecule has 1 heterocycles. The van der Waals surface area contributed by atoms with E-state index in [4.69, 9.17) is 0 Å². The highest BCUT2D eigenvalue weighted by Crippen LogP contribution is 2.09. The Morgan fingerprint density at radius 1 is 1.56 bits per heavy atom. The molecule has 1 aromatic carbocycles. The van der Waals surface area contributed by atoms with Crippen LogP contribution in [-0.2, 0) is 11.2 Å². The number of carbonyl (C=O) groups is 1. The highest BCUT2D eigenvalue weighted by Gasteiger charge is 2.22. The molecule has 0 unspecified atom stereocenters. The third-order valence-corrected chi connectivity index (χ3v) is 3.07. The molecule has 18 heavy (non-hydrogen) atoms. The van der Waals surface area contributed by atoms with Gasteiger partial charge in [-0.3, -0.25) is 4.79 Å². The first-order chi connectivity index (χ1) is 8.16. The van der Waals surface area contributed by atoms with Gasteiger partial charge in [0.1, 0.15) is 5.82 Å². The van der Waals surface area contributed by atoms with E-state index in [9.17, 15) is 9.18 Å². The summed E-state index contributed by atoms with van der Waals surface area (Å²) >= 11 is 0. The van der Waals surface area contributed by atoms with Gasteiger partial charge in [0.05, 0.1) is 6.42 Å². The van der Waals surface area contributed by atoms with Crippen LogP contribution in [0.15, 0.2) is 24.3 Å². The van der Waals surface area contributed by atoms with E-state index in [0.29, 0.717) is 0 Å². The van der Waals surface area contributed by atoms with Crippen LogP contribution < -0.4 is 5.32 Å². The minimum Gasteiger partial charge on any atom is -0.337 e. The van der Waals surface area contributed by atoms with Crippen LogP contribution in [0.3, 0.4) is 0 Å². The zero-order valence-electron chi connectivity index (χ0n) is 10.4. The largest absolute Gasteiger partial charge is 0.337 e. The Morgan fingerprint density at radius 2 is 2.33 bits per heavy atom. The van der Waals surface area contributed by atoms with Gasteiger partial charge in [-0.25, -0.2) is 4.39 Å². The van der Waals surface area contributed by atoms with Crippen molar-refractivity contribution in [2.75, 3.05) is 19.6 Å². The number of nitrogens with one attached hydrogen (secondary N) is 1. The predicted octanol–water partition coefficient (Wildman–Crippen LogP) is 1.61. The zero-order chi connectivity index (χ0) is 12.3. The minimum atomic E-state index is -0.288. The average molecular weight is 273 g/mol. The Bertz CT molecular complexity index is 414. The predicted molar refractivity (Wildman–Crippen MR) is 71.4 cm³/mol. The first-order valence-electron chi connectivity index (χ1n) is 5.91. The molecule has 3 nitrogen and oxygen atoms in total. The van der Waals surface area contributed by atoms with E-state index < -0.39 is 0 Å². The standard InChI is InChI=1S/C13H17FN2O.ClH/c1-10-9-15-5-6-16(10)13(17)8-11-3-2-4-12(14)7-11;/h2-4,7,10,15H,5-6,8-9H2,1H3;1H/t10-;/m1./s1. The molecule has 1 atom stereocenters. The second-order valence-corrected chi connectivity index (χ2v) is 4.45. The van der Waals surface area contributed by atoms with Crippen LogP contribution in [-0.4, -0.2) is 36.5 Å². The van der Waals surface area contributed by atoms with E-state index >= 15 is 0 Å². The molecule has 0 radical (unpaired) electrons. The van der Waals surface area contributed by atoms with Crippen molar-refractivity contribution in [3.8, 4) is 0 Å². The van der Waals surface area contributed by atoms with Gasteiger partial charge in [-0.05, 0) is 24.6 Å². The topological polar surface area (TPSA) is 32.3 Å². The molecule has 0 aliphatic carbocycles. The molecule has 1 saturated heterocycles. The summed E-state index contributed by atoms with van der Waals surface area (Å²) in [6.45, 7) is 4.42. The van der Waals surface area contributed by atoms with E-state index in [-0.39, 0.29) is 36.6 Å². The fourth-order valence-corrected chi connectivity index (χ4v) is 2.13. The van der Waals surface area contributed by atoms with Gasteiger partial charge < -0.3 is 10.2 Å². The average Bonchev–Trinajstić information content (AvgIpc) is 2.29. The number of hydrogen-bond acceptors (Lipinski definition) is 2. The van der Waals surface area contributed by atoms with E-state index in [1.165, 1.54) is 12.1 Å². The smallest absolute Gasteiger partial charge is 0.227 e. The van der Waals surface area contributed by atoms with Gasteiger partial charge in [0.2, 0.25) is 5.91 Å². The van der Waals surface area contributed by atoms with Crippen molar-refractivity contribution in [3.63, 3.8) is 0 Å². The number of nitrogens with zero attached hydrogens (tertiary/aromatic N) is 1. The maximum absolute atomic E-state index is 13.0. The summed E-state index contributed by atoms with van der Waals surface area (Å²) in [6.07, 6.45) is 0.280. The molecule has 5 heteroatoms. The number of carbonyl (C=O) groups excluding carboxylic acids is 1. The molecular formula is C13H18ClFN2O. The number of piperazine rings is 1. The quantitative estimate of drug-likeness (QED) is 0.887. The van der Waals surface area contributed by atoms with Crippen LogP contribution in [0.1, 0.15) is 12.5 Å². The van der Waals surface area contributed by atoms with Gasteiger partial charge >= 0.3 is 0 Å². The molecule has 1 fully saturated rings. The summed E-state index contributed by atoms with van der Waals surface area (Å²) in [6, 6.07) is 6.45. The molecule has 0 bridgehead atoms. The van der Waals surface area contributed by atoms with Gasteiger partial charge in [-0.15, -0.1) is 12.4 Å². The zero-order valence-corrected chi connectivity index (χ0v) is 11.2. The Morgan fingerprint density at radius 3 is 3.00 bits per heavy atom. The lowest BCUT2D eigenvalue weighted by molar-refractivity contribution is -0.133. The van der Waals surface area contributed by atoms with Crippen molar-refractivity contribution in [2.24, 2.45) is 0 Å². The number of benzene rings is 1. The van der Waals surface area contributed by atoms with Gasteiger partial charge in [-0.1, -0.05) is 12.1 Å². The third-order valence-electron chi connectivity index (χ3n) is 3.07. The van der Waals surface area contributed by atoms with Crippen molar-refractivity contribution >= 4 is 18.3 Å². The van der Waals surface area contributed by atoms with Crippen molar-refractivity contribution in [3.05, 3.63) is 35.6 Å². The lowest BCUT2D eigenvalue weighted by Crippen LogP contribution is -2.52. The van der Waals surface area contributed by atoms with E-state index in [1.807, 2.05) is 11.8 Å². The second-order valence-electron chi connectivity index (χ2n) is 4.45. The third kappa shape index (κ3) is 3.68. The SMILES string of the molecule is C[C@@H]1CNCCN1C(=O)Cc1cccc(F)c1.Cl. The van der Waals surface area contributed by atoms with Gasteiger partial charge in [-0.2, -0.15) is 0 Å². The maximum Gasteiger partial charge on any atom is 0.227 e. The van der Waals surface area contributed by atoms with Gasteiger partial charge in [0.25, 0.3) is 0 Å². The summed E-state index contributed by atoms with van der Waals surface area (Å²) in [4.78, 5) is 13.9. The molecule has 0 aromatic heterocycles. The van der Waals surface area contributed by atoms with Crippen molar-refractivity contribution in [1.29, 1.82) is 0 Å². The molecule has 1 aromatic rings. The Kier molecular flexibility index (Phi) is 5.56. The monoisotopic (exact) mass is 272 g/mol. The molecule has 1 aliphatic rings. The summed E-state index contributed by atoms with van der Waals surface area (Å²) in [5.41, 5.74) is 0.737. The summed E-state index contributed by atoms with van der Waals surface area (Å²) < 4.78 is 13.0. The maximum atomic E-state index is 13.0. The highest BCUT2D eigenvalue weighted by molar-refractivity contribution is 5.85. The second kappa shape index (κ2) is 6.71. The number of rotatable bonds is 2. The molecule has 1 aliphatic heterocycles. The number of halogens is 2. The first kappa shape index (κ1) is 14.9. The molecule has 0 spiro atoms. The van der Waals surface area contributed by atoms with E-state index in [1.54, 1.807) is 12.1 Å². The Hall–Kier alpha value is -1.13. The molecule has 0 saturated carbocycles. The Labute approximate surface area is 113 Å². The van der Waals surface area contributed by atoms with Crippen LogP contribution in [0.5, 0.6) is 0 Å². The normalized spacial score (nSPS) is 19.2. The first-order valence-corrected chi connectivity index (χ1v) is 5.91. The highest BCUT2D eigenvalue weighted by atomic mass is 35.5. The minimum absolute atomic E-state index is 0. The van der Waals surface area contributed by atoms with Crippen molar-refractivity contribution in [1.82, 2.24) is 10.2 Å². The molecule has 2 rings (SSSR count). The van der Waals surface area contributed by atoms with Crippen molar-refractivity contribution in [2.45, 2.75) is 19.4 Å². The molecule has 1 N–H and O–H groups in total. The van der Waals surface area contributed by atoms with Crippen molar-refractivity contribution < 1.29 is 9.18 Å². The fraction of sp³-hybridized carbons (Fsp3) is 0.462. The van der Waals surface area contributed by atoms with Crippen LogP contribution in [0.4, 0.5) is 4.39 Å². The van der Waals surface area contributed by atoms with Crippen LogP contribution >= 0.6 is 12.4 Å². The van der Waals surface area contributed by atoms with Crippen LogP contribution in [0, 0.1) is 5.82 Å². The summed E-state index contributed by atoms with van der Waals surface area (Å²) in [7, 11) is 0. The number of hydrogen-bond donors (Lipinski definition) is 1. The molecular weight excluding hydrogens is 255 g/mol. The fourth-order valence-electron chi connectivity index (χ4n) is 2.13. The van der Waals surface area contributed by atoms with E-state index in [0.717, 1.165) is 25.2 Å².